The topological polar surface area (TPSA) is 15.3 Å². The number of hydrogen-bond acceptors (Lipinski definition) is 2. The first-order valence-corrected chi connectivity index (χ1v) is 7.17. The zero-order chi connectivity index (χ0) is 15.1. The van der Waals surface area contributed by atoms with E-state index in [1.54, 1.807) is 11.9 Å². The largest absolute Gasteiger partial charge is 0.314 e. The average molecular weight is 284 g/mol. The van der Waals surface area contributed by atoms with E-state index in [0.717, 1.165) is 12.1 Å². The molecule has 114 valence electrons. The first-order chi connectivity index (χ1) is 9.38. The van der Waals surface area contributed by atoms with Crippen LogP contribution in [0.15, 0.2) is 24.3 Å². The molecule has 2 nitrogen and oxygen atoms in total. The summed E-state index contributed by atoms with van der Waals surface area (Å²) in [6.45, 7) is 7.78. The predicted molar refractivity (Wildman–Crippen MR) is 80.3 cm³/mol. The lowest BCUT2D eigenvalue weighted by molar-refractivity contribution is 0.0975. The molecule has 1 atom stereocenters. The van der Waals surface area contributed by atoms with Crippen LogP contribution in [0.5, 0.6) is 0 Å². The van der Waals surface area contributed by atoms with Crippen molar-refractivity contribution in [3.8, 4) is 0 Å². The molecule has 0 fully saturated rings. The van der Waals surface area contributed by atoms with Gasteiger partial charge in [-0.2, -0.15) is 0 Å². The minimum atomic E-state index is -2.28. The molecule has 1 rings (SSSR count). The van der Waals surface area contributed by atoms with Crippen LogP contribution in [0, 0.1) is 0 Å². The monoisotopic (exact) mass is 284 g/mol. The molecular formula is C16H26F2N2. The minimum Gasteiger partial charge on any atom is -0.314 e. The third kappa shape index (κ3) is 6.44. The number of alkyl halides is 2. The van der Waals surface area contributed by atoms with E-state index >= 15 is 0 Å². The third-order valence-electron chi connectivity index (χ3n) is 3.28. The van der Waals surface area contributed by atoms with Crippen molar-refractivity contribution < 1.29 is 8.78 Å². The van der Waals surface area contributed by atoms with E-state index < -0.39 is 6.43 Å². The smallest absolute Gasteiger partial charge is 0.251 e. The standard InChI is InChI=1S/C16H26F2N2/c1-12(2)19-9-13(3)15-7-5-14(6-8-15)10-20(4)11-16(17)18/h5-8,12-13,16,19H,9-11H2,1-4H3. The van der Waals surface area contributed by atoms with Gasteiger partial charge >= 0.3 is 0 Å². The molecule has 0 radical (unpaired) electrons. The lowest BCUT2D eigenvalue weighted by Crippen LogP contribution is -2.27. The van der Waals surface area contributed by atoms with Crippen LogP contribution < -0.4 is 5.32 Å². The Morgan fingerprint density at radius 3 is 2.20 bits per heavy atom. The van der Waals surface area contributed by atoms with Crippen molar-refractivity contribution in [2.24, 2.45) is 0 Å². The van der Waals surface area contributed by atoms with Gasteiger partial charge in [0.1, 0.15) is 0 Å². The molecule has 0 amide bonds. The van der Waals surface area contributed by atoms with Crippen molar-refractivity contribution in [2.45, 2.75) is 45.7 Å². The van der Waals surface area contributed by atoms with E-state index in [1.807, 2.05) is 12.1 Å². The number of benzene rings is 1. The molecule has 0 aliphatic carbocycles. The summed E-state index contributed by atoms with van der Waals surface area (Å²) in [6.07, 6.45) is -2.28. The van der Waals surface area contributed by atoms with Crippen molar-refractivity contribution in [1.82, 2.24) is 10.2 Å². The Labute approximate surface area is 121 Å². The second-order valence-electron chi connectivity index (χ2n) is 5.79. The number of hydrogen-bond donors (Lipinski definition) is 1. The van der Waals surface area contributed by atoms with Gasteiger partial charge in [-0.3, -0.25) is 4.90 Å². The lowest BCUT2D eigenvalue weighted by atomic mass is 9.99. The van der Waals surface area contributed by atoms with E-state index in [2.05, 4.69) is 38.2 Å². The van der Waals surface area contributed by atoms with Crippen molar-refractivity contribution in [3.05, 3.63) is 35.4 Å². The van der Waals surface area contributed by atoms with Gasteiger partial charge in [-0.05, 0) is 24.1 Å². The Bertz CT molecular complexity index is 377. The van der Waals surface area contributed by atoms with Gasteiger partial charge in [0, 0.05) is 19.1 Å². The summed E-state index contributed by atoms with van der Waals surface area (Å²) in [5.74, 6) is 0.449. The molecular weight excluding hydrogens is 258 g/mol. The summed E-state index contributed by atoms with van der Waals surface area (Å²) in [4.78, 5) is 1.64. The molecule has 20 heavy (non-hydrogen) atoms. The molecule has 0 bridgehead atoms. The van der Waals surface area contributed by atoms with Crippen LogP contribution in [0.3, 0.4) is 0 Å². The van der Waals surface area contributed by atoms with Gasteiger partial charge in [0.15, 0.2) is 0 Å². The summed E-state index contributed by atoms with van der Waals surface area (Å²) in [6, 6.07) is 8.74. The Kier molecular flexibility index (Phi) is 7.10. The van der Waals surface area contributed by atoms with E-state index in [4.69, 9.17) is 0 Å². The Balaban J connectivity index is 2.51. The normalized spacial score (nSPS) is 13.4. The van der Waals surface area contributed by atoms with Crippen LogP contribution in [0.2, 0.25) is 0 Å². The van der Waals surface area contributed by atoms with E-state index in [0.29, 0.717) is 18.5 Å². The van der Waals surface area contributed by atoms with Crippen LogP contribution in [0.1, 0.15) is 37.8 Å². The molecule has 0 saturated heterocycles. The maximum atomic E-state index is 12.3. The fraction of sp³-hybridized carbons (Fsp3) is 0.625. The van der Waals surface area contributed by atoms with Gasteiger partial charge in [0.25, 0.3) is 6.43 Å². The minimum absolute atomic E-state index is 0.184. The van der Waals surface area contributed by atoms with Crippen LogP contribution in [0.4, 0.5) is 8.78 Å². The van der Waals surface area contributed by atoms with Crippen molar-refractivity contribution >= 4 is 0 Å². The van der Waals surface area contributed by atoms with E-state index in [9.17, 15) is 8.78 Å². The van der Waals surface area contributed by atoms with Crippen molar-refractivity contribution in [1.29, 1.82) is 0 Å². The first-order valence-electron chi connectivity index (χ1n) is 7.17. The molecule has 1 unspecified atom stereocenters. The summed E-state index contributed by atoms with van der Waals surface area (Å²) < 4.78 is 24.5. The molecule has 0 heterocycles. The number of rotatable bonds is 8. The highest BCUT2D eigenvalue weighted by molar-refractivity contribution is 5.25. The molecule has 1 aromatic rings. The Morgan fingerprint density at radius 2 is 1.70 bits per heavy atom. The van der Waals surface area contributed by atoms with Crippen LogP contribution in [-0.2, 0) is 6.54 Å². The molecule has 0 saturated carbocycles. The van der Waals surface area contributed by atoms with Gasteiger partial charge in [-0.1, -0.05) is 45.0 Å². The molecule has 1 N–H and O–H groups in total. The number of nitrogens with one attached hydrogen (secondary N) is 1. The number of halogens is 2. The second kappa shape index (κ2) is 8.32. The van der Waals surface area contributed by atoms with Gasteiger partial charge in [0.05, 0.1) is 6.54 Å². The molecule has 0 aliphatic rings. The van der Waals surface area contributed by atoms with Crippen LogP contribution in [0.25, 0.3) is 0 Å². The summed E-state index contributed by atoms with van der Waals surface area (Å²) >= 11 is 0. The fourth-order valence-corrected chi connectivity index (χ4v) is 2.09. The Morgan fingerprint density at radius 1 is 1.10 bits per heavy atom. The Hall–Kier alpha value is -1.00. The molecule has 0 aromatic heterocycles. The lowest BCUT2D eigenvalue weighted by Gasteiger charge is -2.18. The highest BCUT2D eigenvalue weighted by atomic mass is 19.3. The molecule has 4 heteroatoms. The summed E-state index contributed by atoms with van der Waals surface area (Å²) in [5, 5.41) is 3.42. The zero-order valence-corrected chi connectivity index (χ0v) is 12.9. The predicted octanol–water partition coefficient (Wildman–Crippen LogP) is 3.49. The SMILES string of the molecule is CC(C)NCC(C)c1ccc(CN(C)CC(F)F)cc1. The molecule has 0 spiro atoms. The maximum Gasteiger partial charge on any atom is 0.251 e. The molecule has 0 aliphatic heterocycles. The van der Waals surface area contributed by atoms with Gasteiger partial charge in [-0.15, -0.1) is 0 Å². The first kappa shape index (κ1) is 17.1. The van der Waals surface area contributed by atoms with Crippen molar-refractivity contribution in [3.63, 3.8) is 0 Å². The van der Waals surface area contributed by atoms with E-state index in [1.165, 1.54) is 5.56 Å². The summed E-state index contributed by atoms with van der Waals surface area (Å²) in [5.41, 5.74) is 2.35. The number of nitrogens with zero attached hydrogens (tertiary/aromatic N) is 1. The van der Waals surface area contributed by atoms with Gasteiger partial charge in [-0.25, -0.2) is 8.78 Å². The van der Waals surface area contributed by atoms with Gasteiger partial charge in [0.2, 0.25) is 0 Å². The maximum absolute atomic E-state index is 12.3. The summed E-state index contributed by atoms with van der Waals surface area (Å²) in [7, 11) is 1.72. The third-order valence-corrected chi connectivity index (χ3v) is 3.28. The van der Waals surface area contributed by atoms with Crippen LogP contribution in [-0.4, -0.2) is 37.5 Å². The van der Waals surface area contributed by atoms with Gasteiger partial charge < -0.3 is 5.32 Å². The highest BCUT2D eigenvalue weighted by Gasteiger charge is 2.09. The quantitative estimate of drug-likeness (QED) is 0.786. The average Bonchev–Trinajstić information content (AvgIpc) is 2.35. The zero-order valence-electron chi connectivity index (χ0n) is 12.9. The molecule has 1 aromatic carbocycles. The van der Waals surface area contributed by atoms with Crippen LogP contribution >= 0.6 is 0 Å². The van der Waals surface area contributed by atoms with E-state index in [-0.39, 0.29) is 6.54 Å². The second-order valence-corrected chi connectivity index (χ2v) is 5.79. The van der Waals surface area contributed by atoms with Crippen molar-refractivity contribution in [2.75, 3.05) is 20.1 Å². The highest BCUT2D eigenvalue weighted by Crippen LogP contribution is 2.16. The fourth-order valence-electron chi connectivity index (χ4n) is 2.09.